The largest absolute Gasteiger partial charge is 0.461 e. The van der Waals surface area contributed by atoms with Crippen molar-refractivity contribution in [1.82, 2.24) is 21.3 Å². The van der Waals surface area contributed by atoms with Gasteiger partial charge in [0.1, 0.15) is 13.2 Å². The predicted octanol–water partition coefficient (Wildman–Crippen LogP) is -3.99. The number of urea groups is 2. The SMILES string of the molecule is NCCOC(=O)C12NC(=O)NC1(C(=O)OCCN)NC(=O)N2. The van der Waals surface area contributed by atoms with Gasteiger partial charge in [-0.15, -0.1) is 0 Å². The fourth-order valence-corrected chi connectivity index (χ4v) is 2.21. The lowest BCUT2D eigenvalue weighted by Gasteiger charge is -2.32. The number of nitrogens with two attached hydrogens (primary N) is 2. The van der Waals surface area contributed by atoms with Gasteiger partial charge in [0.2, 0.25) is 0 Å². The molecule has 0 bridgehead atoms. The molecular weight excluding hydrogens is 300 g/mol. The normalized spacial score (nSPS) is 28.8. The Hall–Kier alpha value is -2.60. The first kappa shape index (κ1) is 15.8. The van der Waals surface area contributed by atoms with Crippen molar-refractivity contribution in [3.63, 3.8) is 0 Å². The molecule has 22 heavy (non-hydrogen) atoms. The Kier molecular flexibility index (Phi) is 4.05. The molecule has 0 saturated carbocycles. The van der Waals surface area contributed by atoms with Crippen LogP contribution in [0.1, 0.15) is 0 Å². The quantitative estimate of drug-likeness (QED) is 0.267. The van der Waals surface area contributed by atoms with E-state index in [1.54, 1.807) is 0 Å². The zero-order chi connectivity index (χ0) is 16.4. The summed E-state index contributed by atoms with van der Waals surface area (Å²) in [5.41, 5.74) is 6.11. The van der Waals surface area contributed by atoms with Crippen LogP contribution in [-0.2, 0) is 19.1 Å². The second kappa shape index (κ2) is 5.65. The minimum absolute atomic E-state index is 0.0230. The molecule has 2 saturated heterocycles. The summed E-state index contributed by atoms with van der Waals surface area (Å²) in [7, 11) is 0. The summed E-state index contributed by atoms with van der Waals surface area (Å²) in [5.74, 6) is -2.14. The Morgan fingerprint density at radius 3 is 1.41 bits per heavy atom. The molecule has 0 aliphatic carbocycles. The molecule has 8 N–H and O–H groups in total. The van der Waals surface area contributed by atoms with E-state index in [4.69, 9.17) is 20.9 Å². The highest BCUT2D eigenvalue weighted by atomic mass is 16.5. The number of hydrogen-bond donors (Lipinski definition) is 6. The number of rotatable bonds is 6. The summed E-state index contributed by atoms with van der Waals surface area (Å²) in [6, 6.07) is -1.75. The van der Waals surface area contributed by atoms with Crippen molar-refractivity contribution in [2.24, 2.45) is 11.5 Å². The first-order valence-electron chi connectivity index (χ1n) is 6.37. The van der Waals surface area contributed by atoms with Gasteiger partial charge in [-0.3, -0.25) is 0 Å². The lowest BCUT2D eigenvalue weighted by atomic mass is 9.96. The summed E-state index contributed by atoms with van der Waals surface area (Å²) in [6.07, 6.45) is 0. The van der Waals surface area contributed by atoms with Crippen molar-refractivity contribution in [2.75, 3.05) is 26.3 Å². The lowest BCUT2D eigenvalue weighted by Crippen LogP contribution is -2.74. The van der Waals surface area contributed by atoms with Crippen LogP contribution in [-0.4, -0.2) is 61.6 Å². The molecule has 0 spiro atoms. The molecule has 12 heteroatoms. The molecule has 2 aliphatic rings. The van der Waals surface area contributed by atoms with E-state index in [0.717, 1.165) is 0 Å². The van der Waals surface area contributed by atoms with E-state index in [1.165, 1.54) is 0 Å². The molecule has 122 valence electrons. The van der Waals surface area contributed by atoms with Gasteiger partial charge in [0, 0.05) is 13.1 Å². The molecule has 2 rings (SSSR count). The van der Waals surface area contributed by atoms with E-state index in [9.17, 15) is 19.2 Å². The number of carbonyl (C=O) groups excluding carboxylic acids is 4. The molecule has 0 radical (unpaired) electrons. The zero-order valence-corrected chi connectivity index (χ0v) is 11.4. The van der Waals surface area contributed by atoms with Crippen LogP contribution >= 0.6 is 0 Å². The van der Waals surface area contributed by atoms with Crippen molar-refractivity contribution >= 4 is 24.0 Å². The van der Waals surface area contributed by atoms with Crippen LogP contribution in [0.15, 0.2) is 0 Å². The van der Waals surface area contributed by atoms with E-state index < -0.39 is 35.3 Å². The Morgan fingerprint density at radius 2 is 1.14 bits per heavy atom. The molecule has 0 aromatic carbocycles. The van der Waals surface area contributed by atoms with Crippen LogP contribution in [0.5, 0.6) is 0 Å². The van der Waals surface area contributed by atoms with Gasteiger partial charge in [0.15, 0.2) is 0 Å². The minimum atomic E-state index is -2.18. The standard InChI is InChI=1S/C10H16N6O6/c11-1-3-21-5(17)9-10(15-7(19)13-9,16-8(20)14-9)6(18)22-4-2-12/h1-4,11-12H2,(H2,13,15,19)(H2,14,16,20). The first-order valence-corrected chi connectivity index (χ1v) is 6.37. The molecule has 0 atom stereocenters. The monoisotopic (exact) mass is 316 g/mol. The molecule has 2 aliphatic heterocycles. The van der Waals surface area contributed by atoms with Crippen molar-refractivity contribution in [3.8, 4) is 0 Å². The van der Waals surface area contributed by atoms with E-state index in [2.05, 4.69) is 21.3 Å². The molecule has 0 unspecified atom stereocenters. The highest BCUT2D eigenvalue weighted by Gasteiger charge is 2.75. The molecule has 0 aromatic heterocycles. The fourth-order valence-electron chi connectivity index (χ4n) is 2.21. The number of ether oxygens (including phenoxy) is 2. The lowest BCUT2D eigenvalue weighted by molar-refractivity contribution is -0.165. The van der Waals surface area contributed by atoms with Gasteiger partial charge in [-0.05, 0) is 0 Å². The van der Waals surface area contributed by atoms with Gasteiger partial charge < -0.3 is 42.2 Å². The van der Waals surface area contributed by atoms with Crippen molar-refractivity contribution in [1.29, 1.82) is 0 Å². The predicted molar refractivity (Wildman–Crippen MR) is 68.8 cm³/mol. The van der Waals surface area contributed by atoms with E-state index in [1.807, 2.05) is 0 Å². The Balaban J connectivity index is 2.37. The summed E-state index contributed by atoms with van der Waals surface area (Å²) < 4.78 is 9.70. The topological polar surface area (TPSA) is 187 Å². The highest BCUT2D eigenvalue weighted by Crippen LogP contribution is 2.30. The second-order valence-electron chi connectivity index (χ2n) is 4.51. The number of amides is 4. The summed E-state index contributed by atoms with van der Waals surface area (Å²) in [5, 5.41) is 8.70. The number of hydrogen-bond acceptors (Lipinski definition) is 8. The van der Waals surface area contributed by atoms with Crippen LogP contribution in [0.25, 0.3) is 0 Å². The Morgan fingerprint density at radius 1 is 0.818 bits per heavy atom. The second-order valence-corrected chi connectivity index (χ2v) is 4.51. The molecule has 0 aromatic rings. The van der Waals surface area contributed by atoms with Crippen LogP contribution in [0.3, 0.4) is 0 Å². The van der Waals surface area contributed by atoms with Gasteiger partial charge in [0.05, 0.1) is 0 Å². The average Bonchev–Trinajstić information content (AvgIpc) is 2.90. The number of esters is 2. The maximum Gasteiger partial charge on any atom is 0.358 e. The third-order valence-electron chi connectivity index (χ3n) is 3.08. The van der Waals surface area contributed by atoms with Crippen LogP contribution < -0.4 is 32.7 Å². The Bertz CT molecular complexity index is 460. The smallest absolute Gasteiger partial charge is 0.358 e. The first-order chi connectivity index (χ1) is 10.4. The Labute approximate surface area is 124 Å². The zero-order valence-electron chi connectivity index (χ0n) is 11.4. The van der Waals surface area contributed by atoms with Crippen LogP contribution in [0, 0.1) is 0 Å². The third-order valence-corrected chi connectivity index (χ3v) is 3.08. The van der Waals surface area contributed by atoms with Gasteiger partial charge in [0.25, 0.3) is 11.3 Å². The van der Waals surface area contributed by atoms with Gasteiger partial charge in [-0.1, -0.05) is 0 Å². The maximum atomic E-state index is 12.3. The third kappa shape index (κ3) is 2.17. The summed E-state index contributed by atoms with van der Waals surface area (Å²) in [6.45, 7) is -0.287. The van der Waals surface area contributed by atoms with E-state index >= 15 is 0 Å². The maximum absolute atomic E-state index is 12.3. The number of fused-ring (bicyclic) bond motifs is 1. The fraction of sp³-hybridized carbons (Fsp3) is 0.600. The molecule has 2 fully saturated rings. The highest BCUT2D eigenvalue weighted by molar-refractivity contribution is 6.09. The van der Waals surface area contributed by atoms with Gasteiger partial charge in [-0.2, -0.15) is 0 Å². The summed E-state index contributed by atoms with van der Waals surface area (Å²) >= 11 is 0. The average molecular weight is 316 g/mol. The van der Waals surface area contributed by atoms with Gasteiger partial charge in [-0.25, -0.2) is 19.2 Å². The van der Waals surface area contributed by atoms with E-state index in [-0.39, 0.29) is 26.3 Å². The molecule has 2 heterocycles. The van der Waals surface area contributed by atoms with Gasteiger partial charge >= 0.3 is 24.0 Å². The number of nitrogens with one attached hydrogen (secondary N) is 4. The van der Waals surface area contributed by atoms with Crippen LogP contribution in [0.4, 0.5) is 9.59 Å². The van der Waals surface area contributed by atoms with Crippen molar-refractivity contribution < 1.29 is 28.7 Å². The number of carbonyl (C=O) groups is 4. The van der Waals surface area contributed by atoms with Crippen molar-refractivity contribution in [3.05, 3.63) is 0 Å². The summed E-state index contributed by atoms with van der Waals surface area (Å²) in [4.78, 5) is 47.8. The van der Waals surface area contributed by atoms with Crippen molar-refractivity contribution in [2.45, 2.75) is 11.3 Å². The molecule has 12 nitrogen and oxygen atoms in total. The molecule has 4 amide bonds. The van der Waals surface area contributed by atoms with Crippen LogP contribution in [0.2, 0.25) is 0 Å². The molecular formula is C10H16N6O6. The van der Waals surface area contributed by atoms with E-state index in [0.29, 0.717) is 0 Å². The minimum Gasteiger partial charge on any atom is -0.461 e.